The van der Waals surface area contributed by atoms with Gasteiger partial charge >= 0.3 is 0 Å². The van der Waals surface area contributed by atoms with Crippen molar-refractivity contribution in [3.63, 3.8) is 0 Å². The number of phenolic OH excluding ortho intramolecular Hbond substituents is 1. The molecule has 10 nitrogen and oxygen atoms in total. The number of nitrogens with zero attached hydrogens (tertiary/aromatic N) is 2. The van der Waals surface area contributed by atoms with E-state index in [-0.39, 0.29) is 60.7 Å². The van der Waals surface area contributed by atoms with Crippen LogP contribution in [-0.2, 0) is 25.6 Å². The van der Waals surface area contributed by atoms with Crippen LogP contribution in [-0.4, -0.2) is 94.2 Å². The van der Waals surface area contributed by atoms with Crippen molar-refractivity contribution in [1.82, 2.24) is 4.90 Å². The highest BCUT2D eigenvalue weighted by Crippen LogP contribution is 2.53. The zero-order valence-corrected chi connectivity index (χ0v) is 23.1. The van der Waals surface area contributed by atoms with Gasteiger partial charge in [-0.05, 0) is 57.0 Å². The highest BCUT2D eigenvalue weighted by Gasteiger charge is 2.64. The fourth-order valence-corrected chi connectivity index (χ4v) is 6.45. The molecule has 39 heavy (non-hydrogen) atoms. The van der Waals surface area contributed by atoms with E-state index in [4.69, 9.17) is 11.6 Å². The normalized spacial score (nSPS) is 26.4. The van der Waals surface area contributed by atoms with Gasteiger partial charge in [-0.2, -0.15) is 0 Å². The summed E-state index contributed by atoms with van der Waals surface area (Å²) in [6.07, 6.45) is 0.103. The number of rotatable bonds is 8. The monoisotopic (exact) mass is 560 g/mol. The summed E-state index contributed by atoms with van der Waals surface area (Å²) in [5, 5.41) is 45.0. The zero-order valence-electron chi connectivity index (χ0n) is 22.3. The van der Waals surface area contributed by atoms with E-state index < -0.39 is 57.9 Å². The lowest BCUT2D eigenvalue weighted by Crippen LogP contribution is -2.65. The Bertz CT molecular complexity index is 1330. The van der Waals surface area contributed by atoms with Gasteiger partial charge in [0.1, 0.15) is 28.6 Å². The summed E-state index contributed by atoms with van der Waals surface area (Å²) in [6, 6.07) is 1.99. The van der Waals surface area contributed by atoms with Crippen molar-refractivity contribution >= 4 is 46.2 Å². The van der Waals surface area contributed by atoms with Crippen molar-refractivity contribution in [2.45, 2.75) is 43.7 Å². The number of likely N-dealkylation sites (N-methyl/N-ethyl adjacent to an activating group) is 1. The van der Waals surface area contributed by atoms with Crippen molar-refractivity contribution in [3.05, 3.63) is 40.2 Å². The molecule has 1 fully saturated rings. The number of Topliss-reactive ketones (excluding diaryl/α,β-unsaturated/α-hetero) is 4. The standard InChI is InChI=1S/C28H33ClN2O8/c1-30(2)17-8-9-19(34)21-15(17)10-13-11-16-23(31(3)4)25(36)22(18(33)7-5-6-14(32)12-29)27(38)28(16,39)26(37)20(13)24(21)35/h8-9,13,16,23,34-35,38-39H,5-7,10-12H2,1-4H3/t13-,16+,23-,28+/m1/s1. The minimum Gasteiger partial charge on any atom is -0.508 e. The van der Waals surface area contributed by atoms with Crippen LogP contribution in [0, 0.1) is 11.8 Å². The topological polar surface area (TPSA) is 156 Å². The van der Waals surface area contributed by atoms with Crippen LogP contribution in [0.25, 0.3) is 5.76 Å². The first-order chi connectivity index (χ1) is 18.3. The Hall–Kier alpha value is -3.21. The number of ketones is 4. The molecular formula is C28H33ClN2O8. The highest BCUT2D eigenvalue weighted by molar-refractivity contribution is 6.28. The van der Waals surface area contributed by atoms with E-state index in [1.807, 2.05) is 19.0 Å². The van der Waals surface area contributed by atoms with Gasteiger partial charge in [-0.1, -0.05) is 0 Å². The number of aliphatic hydroxyl groups excluding tert-OH is 2. The number of hydrogen-bond acceptors (Lipinski definition) is 10. The van der Waals surface area contributed by atoms with Crippen LogP contribution in [0.15, 0.2) is 29.0 Å². The lowest BCUT2D eigenvalue weighted by Gasteiger charge is -2.50. The molecule has 0 saturated heterocycles. The molecule has 3 aliphatic carbocycles. The van der Waals surface area contributed by atoms with Crippen LogP contribution in [0.1, 0.15) is 36.8 Å². The number of benzene rings is 1. The predicted molar refractivity (Wildman–Crippen MR) is 144 cm³/mol. The molecule has 1 aromatic carbocycles. The second-order valence-electron chi connectivity index (χ2n) is 10.9. The van der Waals surface area contributed by atoms with Gasteiger partial charge in [-0.15, -0.1) is 11.6 Å². The molecular weight excluding hydrogens is 528 g/mol. The third-order valence-electron chi connectivity index (χ3n) is 8.10. The summed E-state index contributed by atoms with van der Waals surface area (Å²) in [4.78, 5) is 55.6. The Morgan fingerprint density at radius 3 is 2.33 bits per heavy atom. The van der Waals surface area contributed by atoms with Crippen LogP contribution in [0.5, 0.6) is 5.75 Å². The van der Waals surface area contributed by atoms with Crippen molar-refractivity contribution in [2.24, 2.45) is 11.8 Å². The van der Waals surface area contributed by atoms with Gasteiger partial charge in [0.05, 0.1) is 17.5 Å². The average Bonchev–Trinajstić information content (AvgIpc) is 2.85. The van der Waals surface area contributed by atoms with Crippen molar-refractivity contribution in [2.75, 3.05) is 39.0 Å². The molecule has 1 saturated carbocycles. The maximum absolute atomic E-state index is 14.0. The Kier molecular flexibility index (Phi) is 7.68. The van der Waals surface area contributed by atoms with E-state index >= 15 is 0 Å². The molecule has 1 aromatic rings. The molecule has 0 radical (unpaired) electrons. The number of aliphatic hydroxyl groups is 3. The smallest absolute Gasteiger partial charge is 0.202 e. The van der Waals surface area contributed by atoms with Crippen LogP contribution in [0.3, 0.4) is 0 Å². The van der Waals surface area contributed by atoms with Gasteiger partial charge in [0, 0.05) is 44.1 Å². The number of alkyl halides is 1. The van der Waals surface area contributed by atoms with Gasteiger partial charge in [-0.3, -0.25) is 24.1 Å². The van der Waals surface area contributed by atoms with Gasteiger partial charge in [-0.25, -0.2) is 0 Å². The first kappa shape index (κ1) is 28.8. The number of carbonyl (C=O) groups is 4. The first-order valence-corrected chi connectivity index (χ1v) is 13.3. The van der Waals surface area contributed by atoms with Crippen LogP contribution in [0.4, 0.5) is 5.69 Å². The number of fused-ring (bicyclic) bond motifs is 3. The molecule has 0 unspecified atom stereocenters. The zero-order chi connectivity index (χ0) is 29.0. The molecule has 0 aliphatic heterocycles. The third-order valence-corrected chi connectivity index (χ3v) is 8.40. The molecule has 210 valence electrons. The number of phenols is 1. The fourth-order valence-electron chi connectivity index (χ4n) is 6.32. The Morgan fingerprint density at radius 2 is 1.74 bits per heavy atom. The second-order valence-corrected chi connectivity index (χ2v) is 11.2. The molecule has 0 spiro atoms. The minimum absolute atomic E-state index is 0.000677. The number of anilines is 1. The van der Waals surface area contributed by atoms with E-state index in [2.05, 4.69) is 0 Å². The summed E-state index contributed by atoms with van der Waals surface area (Å²) in [5.74, 6) is -6.52. The Morgan fingerprint density at radius 1 is 1.08 bits per heavy atom. The number of halogens is 1. The highest BCUT2D eigenvalue weighted by atomic mass is 35.5. The molecule has 11 heteroatoms. The average molecular weight is 561 g/mol. The SMILES string of the molecule is CN(C)c1ccc(O)c2c1C[C@@H]1C[C@H]3[C@@H](N(C)C)C(=O)C(C(=O)CCCC(=O)CCl)=C(O)[C@@]3(O)C(=O)C1=C2O. The molecule has 0 aromatic heterocycles. The molecule has 0 amide bonds. The van der Waals surface area contributed by atoms with Gasteiger partial charge < -0.3 is 25.3 Å². The molecule has 0 bridgehead atoms. The first-order valence-electron chi connectivity index (χ1n) is 12.7. The van der Waals surface area contributed by atoms with E-state index in [1.54, 1.807) is 20.2 Å². The summed E-state index contributed by atoms with van der Waals surface area (Å²) in [5.41, 5.74) is -2.06. The number of carbonyl (C=O) groups excluding carboxylic acids is 4. The molecule has 3 aliphatic rings. The summed E-state index contributed by atoms with van der Waals surface area (Å²) >= 11 is 5.50. The van der Waals surface area contributed by atoms with E-state index in [9.17, 15) is 39.6 Å². The van der Waals surface area contributed by atoms with Gasteiger partial charge in [0.2, 0.25) is 5.78 Å². The summed E-state index contributed by atoms with van der Waals surface area (Å²) < 4.78 is 0. The largest absolute Gasteiger partial charge is 0.508 e. The predicted octanol–water partition coefficient (Wildman–Crippen LogP) is 2.09. The van der Waals surface area contributed by atoms with Gasteiger partial charge in [0.15, 0.2) is 17.2 Å². The number of hydrogen-bond donors (Lipinski definition) is 4. The number of aromatic hydroxyl groups is 1. The maximum Gasteiger partial charge on any atom is 0.202 e. The Labute approximate surface area is 231 Å². The van der Waals surface area contributed by atoms with Crippen molar-refractivity contribution in [1.29, 1.82) is 0 Å². The molecule has 0 heterocycles. The van der Waals surface area contributed by atoms with Crippen LogP contribution < -0.4 is 4.90 Å². The van der Waals surface area contributed by atoms with Crippen molar-refractivity contribution < 1.29 is 39.6 Å². The molecule has 4 atom stereocenters. The molecule has 4 rings (SSSR count). The van der Waals surface area contributed by atoms with E-state index in [0.29, 0.717) is 5.56 Å². The maximum atomic E-state index is 14.0. The fraction of sp³-hybridized carbons (Fsp3) is 0.500. The minimum atomic E-state index is -2.65. The van der Waals surface area contributed by atoms with Gasteiger partial charge in [0.25, 0.3) is 0 Å². The van der Waals surface area contributed by atoms with Crippen LogP contribution >= 0.6 is 11.6 Å². The van der Waals surface area contributed by atoms with Crippen LogP contribution in [0.2, 0.25) is 0 Å². The van der Waals surface area contributed by atoms with E-state index in [1.165, 1.54) is 11.0 Å². The van der Waals surface area contributed by atoms with Crippen molar-refractivity contribution in [3.8, 4) is 5.75 Å². The lowest BCUT2D eigenvalue weighted by molar-refractivity contribution is -0.153. The summed E-state index contributed by atoms with van der Waals surface area (Å²) in [6.45, 7) is 0. The Balaban J connectivity index is 1.86. The third kappa shape index (κ3) is 4.44. The quantitative estimate of drug-likeness (QED) is 0.274. The molecule has 4 N–H and O–H groups in total. The van der Waals surface area contributed by atoms with E-state index in [0.717, 1.165) is 5.69 Å². The second kappa shape index (κ2) is 10.4. The lowest BCUT2D eigenvalue weighted by atomic mass is 9.57. The summed E-state index contributed by atoms with van der Waals surface area (Å²) in [7, 11) is 6.78.